The van der Waals surface area contributed by atoms with Crippen LogP contribution in [0.25, 0.3) is 0 Å². The zero-order valence-corrected chi connectivity index (χ0v) is 13.1. The van der Waals surface area contributed by atoms with E-state index in [1.54, 1.807) is 4.99 Å². The molecule has 0 aromatic heterocycles. The summed E-state index contributed by atoms with van der Waals surface area (Å²) in [6.07, 6.45) is -24.0. The van der Waals surface area contributed by atoms with Gasteiger partial charge in [0.25, 0.3) is 0 Å². The third kappa shape index (κ3) is 4.67. The van der Waals surface area contributed by atoms with Gasteiger partial charge in [0.2, 0.25) is 5.90 Å². The van der Waals surface area contributed by atoms with Gasteiger partial charge in [0, 0.05) is 5.56 Å². The van der Waals surface area contributed by atoms with Crippen LogP contribution in [0.2, 0.25) is 0 Å². The molecule has 0 radical (unpaired) electrons. The molecule has 4 nitrogen and oxygen atoms in total. The molecule has 0 fully saturated rings. The first-order valence-electron chi connectivity index (χ1n) is 6.80. The highest BCUT2D eigenvalue weighted by Crippen LogP contribution is 2.49. The number of benzene rings is 1. The molecular weight excluding hydrogens is 444 g/mol. The third-order valence-corrected chi connectivity index (χ3v) is 3.09. The van der Waals surface area contributed by atoms with Gasteiger partial charge in [0.1, 0.15) is 5.75 Å². The molecule has 2 rings (SSSR count). The summed E-state index contributed by atoms with van der Waals surface area (Å²) in [4.78, 5) is 3.82. The van der Waals surface area contributed by atoms with Gasteiger partial charge in [0.05, 0.1) is 0 Å². The van der Waals surface area contributed by atoms with E-state index in [9.17, 15) is 52.7 Å². The van der Waals surface area contributed by atoms with Crippen LogP contribution in [0.4, 0.5) is 52.7 Å². The van der Waals surface area contributed by atoms with E-state index in [4.69, 9.17) is 0 Å². The minimum absolute atomic E-state index is 0.413. The molecule has 0 N–H and O–H groups in total. The molecule has 162 valence electrons. The molecule has 0 saturated heterocycles. The first-order valence-corrected chi connectivity index (χ1v) is 6.80. The van der Waals surface area contributed by atoms with Gasteiger partial charge in [-0.1, -0.05) is 0 Å². The van der Waals surface area contributed by atoms with Gasteiger partial charge in [-0.3, -0.25) is 0 Å². The zero-order chi connectivity index (χ0) is 22.5. The summed E-state index contributed by atoms with van der Waals surface area (Å²) in [7, 11) is 0. The maximum atomic E-state index is 13.1. The van der Waals surface area contributed by atoms with E-state index >= 15 is 0 Å². The van der Waals surface area contributed by atoms with E-state index in [1.807, 2.05) is 0 Å². The van der Waals surface area contributed by atoms with Crippen LogP contribution in [0.3, 0.4) is 0 Å². The number of hydrogen-bond acceptors (Lipinski definition) is 4. The minimum atomic E-state index is -6.46. The molecule has 1 aromatic rings. The highest BCUT2D eigenvalue weighted by atomic mass is 19.4. The van der Waals surface area contributed by atoms with Crippen molar-refractivity contribution < 1.29 is 62.2 Å². The highest BCUT2D eigenvalue weighted by Gasteiger charge is 2.74. The lowest BCUT2D eigenvalue weighted by Gasteiger charge is -2.34. The van der Waals surface area contributed by atoms with Gasteiger partial charge < -0.3 is 9.47 Å². The fraction of sp³-hybridized carbons (Fsp3) is 0.385. The molecular formula is C13H4F12N2O2. The largest absolute Gasteiger partial charge is 0.573 e. The Morgan fingerprint density at radius 3 is 1.59 bits per heavy atom. The summed E-state index contributed by atoms with van der Waals surface area (Å²) >= 11 is 0. The Morgan fingerprint density at radius 1 is 0.724 bits per heavy atom. The fourth-order valence-electron chi connectivity index (χ4n) is 1.91. The Hall–Kier alpha value is -2.68. The van der Waals surface area contributed by atoms with E-state index in [2.05, 4.69) is 14.5 Å². The van der Waals surface area contributed by atoms with Crippen molar-refractivity contribution in [2.45, 2.75) is 30.6 Å². The van der Waals surface area contributed by atoms with E-state index in [0.717, 1.165) is 0 Å². The fourth-order valence-corrected chi connectivity index (χ4v) is 1.91. The second-order valence-electron chi connectivity index (χ2n) is 5.17. The normalized spacial score (nSPS) is 17.9. The second-order valence-corrected chi connectivity index (χ2v) is 5.17. The predicted octanol–water partition coefficient (Wildman–Crippen LogP) is 5.14. The van der Waals surface area contributed by atoms with Gasteiger partial charge >= 0.3 is 36.5 Å². The Kier molecular flexibility index (Phi) is 5.21. The Labute approximate surface area is 151 Å². The minimum Gasteiger partial charge on any atom is -0.416 e. The average Bonchev–Trinajstić information content (AvgIpc) is 2.50. The maximum Gasteiger partial charge on any atom is 0.573 e. The van der Waals surface area contributed by atoms with Crippen LogP contribution in [-0.4, -0.2) is 42.3 Å². The first kappa shape index (κ1) is 22.6. The third-order valence-electron chi connectivity index (χ3n) is 3.09. The van der Waals surface area contributed by atoms with Crippen molar-refractivity contribution >= 4 is 11.8 Å². The summed E-state index contributed by atoms with van der Waals surface area (Å²) in [5.41, 5.74) is -6.48. The zero-order valence-electron chi connectivity index (χ0n) is 13.1. The predicted molar refractivity (Wildman–Crippen MR) is 69.1 cm³/mol. The molecule has 0 bridgehead atoms. The first-order chi connectivity index (χ1) is 12.9. The van der Waals surface area contributed by atoms with Crippen molar-refractivity contribution in [1.29, 1.82) is 0 Å². The quantitative estimate of drug-likeness (QED) is 0.588. The molecule has 1 aromatic carbocycles. The van der Waals surface area contributed by atoms with Crippen LogP contribution in [0, 0.1) is 0 Å². The van der Waals surface area contributed by atoms with Crippen LogP contribution in [0.15, 0.2) is 34.3 Å². The molecule has 0 saturated carbocycles. The molecule has 0 amide bonds. The molecule has 1 aliphatic heterocycles. The van der Waals surface area contributed by atoms with Crippen LogP contribution in [0.1, 0.15) is 5.56 Å². The van der Waals surface area contributed by atoms with Crippen molar-refractivity contribution in [1.82, 2.24) is 0 Å². The van der Waals surface area contributed by atoms with E-state index < -0.39 is 53.7 Å². The van der Waals surface area contributed by atoms with Crippen molar-refractivity contribution in [2.24, 2.45) is 9.98 Å². The van der Waals surface area contributed by atoms with Gasteiger partial charge in [-0.05, 0) is 24.3 Å². The molecule has 0 unspecified atom stereocenters. The molecule has 0 spiro atoms. The number of ether oxygens (including phenoxy) is 2. The monoisotopic (exact) mass is 448 g/mol. The molecule has 0 atom stereocenters. The summed E-state index contributed by atoms with van der Waals surface area (Å²) in [5, 5.41) is 0. The Balaban J connectivity index is 2.61. The summed E-state index contributed by atoms with van der Waals surface area (Å²) in [6.45, 7) is 0. The number of hydrogen-bond donors (Lipinski definition) is 0. The van der Waals surface area contributed by atoms with Gasteiger partial charge in [-0.15, -0.1) is 13.2 Å². The highest BCUT2D eigenvalue weighted by molar-refractivity contribution is 6.04. The molecule has 1 heterocycles. The van der Waals surface area contributed by atoms with Crippen molar-refractivity contribution in [3.05, 3.63) is 29.8 Å². The topological polar surface area (TPSA) is 43.2 Å². The summed E-state index contributed by atoms with van der Waals surface area (Å²) in [6, 6.07) is 1.65. The standard InChI is InChI=1S/C13H4F12N2O2/c14-9(15,16)8-27-10(11(17,18)19,12(20,21)22)26-7(28-8)5-1-3-6(4-2-5)29-13(23,24)25/h1-4H. The molecule has 29 heavy (non-hydrogen) atoms. The Bertz CT molecular complexity index is 801. The number of nitrogens with zero attached hydrogens (tertiary/aromatic N) is 2. The van der Waals surface area contributed by atoms with Gasteiger partial charge in [0.15, 0.2) is 0 Å². The van der Waals surface area contributed by atoms with Crippen molar-refractivity contribution in [3.8, 4) is 5.75 Å². The second kappa shape index (κ2) is 6.69. The smallest absolute Gasteiger partial charge is 0.416 e. The lowest BCUT2D eigenvalue weighted by Crippen LogP contribution is -2.57. The molecule has 0 aliphatic carbocycles. The number of aliphatic imine (C=N–C) groups is 2. The summed E-state index contributed by atoms with van der Waals surface area (Å²) < 4.78 is 161. The molecule has 1 aliphatic rings. The van der Waals surface area contributed by atoms with Crippen molar-refractivity contribution in [2.75, 3.05) is 0 Å². The van der Waals surface area contributed by atoms with E-state index in [-0.39, 0.29) is 0 Å². The average molecular weight is 448 g/mol. The number of alkyl halides is 12. The van der Waals surface area contributed by atoms with Crippen molar-refractivity contribution in [3.63, 3.8) is 0 Å². The van der Waals surface area contributed by atoms with E-state index in [1.165, 1.54) is 0 Å². The number of rotatable bonds is 2. The summed E-state index contributed by atoms with van der Waals surface area (Å²) in [5.74, 6) is -5.67. The lowest BCUT2D eigenvalue weighted by molar-refractivity contribution is -0.294. The van der Waals surface area contributed by atoms with Crippen LogP contribution in [0.5, 0.6) is 5.75 Å². The van der Waals surface area contributed by atoms with Crippen LogP contribution < -0.4 is 4.74 Å². The SMILES string of the molecule is FC(F)(F)Oc1ccc(C2=NC(C(F)(F)F)(C(F)(F)F)N=C(C(F)(F)F)O2)cc1. The van der Waals surface area contributed by atoms with E-state index in [0.29, 0.717) is 24.3 Å². The van der Waals surface area contributed by atoms with Crippen LogP contribution in [-0.2, 0) is 4.74 Å². The maximum absolute atomic E-state index is 13.1. The lowest BCUT2D eigenvalue weighted by atomic mass is 10.1. The Morgan fingerprint density at radius 2 is 1.21 bits per heavy atom. The van der Waals surface area contributed by atoms with Crippen LogP contribution >= 0.6 is 0 Å². The molecule has 16 heteroatoms. The van der Waals surface area contributed by atoms with Gasteiger partial charge in [-0.2, -0.15) is 44.5 Å². The van der Waals surface area contributed by atoms with Gasteiger partial charge in [-0.25, -0.2) is 4.99 Å². The number of halogens is 12.